The first-order chi connectivity index (χ1) is 11.6. The molecular formula is C19H14N2O3. The summed E-state index contributed by atoms with van der Waals surface area (Å²) in [7, 11) is 1.62. The van der Waals surface area contributed by atoms with E-state index < -0.39 is 5.97 Å². The quantitative estimate of drug-likeness (QED) is 0.615. The number of hydrogen-bond donors (Lipinski definition) is 1. The average Bonchev–Trinajstić information content (AvgIpc) is 3.18. The maximum atomic E-state index is 11.3. The molecule has 1 N–H and O–H groups in total. The number of rotatable bonds is 3. The van der Waals surface area contributed by atoms with Crippen molar-refractivity contribution in [2.45, 2.75) is 0 Å². The Morgan fingerprint density at radius 2 is 1.75 bits per heavy atom. The van der Waals surface area contributed by atoms with Gasteiger partial charge in [0.2, 0.25) is 0 Å². The van der Waals surface area contributed by atoms with Crippen molar-refractivity contribution in [1.29, 1.82) is 0 Å². The number of aryl methyl sites for hydroxylation is 1. The van der Waals surface area contributed by atoms with E-state index in [9.17, 15) is 9.90 Å². The molecule has 0 bridgehead atoms. The number of benzene rings is 2. The van der Waals surface area contributed by atoms with E-state index in [1.807, 2.05) is 54.6 Å². The minimum absolute atomic E-state index is 0.143. The molecule has 0 fully saturated rings. The number of aromatic nitrogens is 2. The van der Waals surface area contributed by atoms with Crippen molar-refractivity contribution in [3.63, 3.8) is 0 Å². The number of fused-ring (bicyclic) bond motifs is 1. The van der Waals surface area contributed by atoms with Crippen molar-refractivity contribution < 1.29 is 14.3 Å². The summed E-state index contributed by atoms with van der Waals surface area (Å²) in [6, 6.07) is 19.0. The van der Waals surface area contributed by atoms with Gasteiger partial charge in [-0.2, -0.15) is 5.10 Å². The molecule has 5 nitrogen and oxygen atoms in total. The predicted molar refractivity (Wildman–Crippen MR) is 90.8 cm³/mol. The van der Waals surface area contributed by atoms with E-state index in [1.165, 1.54) is 4.68 Å². The van der Waals surface area contributed by atoms with Crippen LogP contribution in [0.2, 0.25) is 0 Å². The Hall–Kier alpha value is -3.34. The maximum Gasteiger partial charge on any atom is 0.354 e. The van der Waals surface area contributed by atoms with Crippen molar-refractivity contribution >= 4 is 16.9 Å². The Labute approximate surface area is 137 Å². The van der Waals surface area contributed by atoms with Gasteiger partial charge in [0.1, 0.15) is 17.0 Å². The van der Waals surface area contributed by atoms with Crippen LogP contribution in [-0.4, -0.2) is 20.9 Å². The van der Waals surface area contributed by atoms with Crippen molar-refractivity contribution in [2.24, 2.45) is 7.05 Å². The van der Waals surface area contributed by atoms with Gasteiger partial charge in [-0.05, 0) is 18.2 Å². The van der Waals surface area contributed by atoms with E-state index in [1.54, 1.807) is 13.1 Å². The second kappa shape index (κ2) is 5.38. The molecule has 4 aromatic rings. The average molecular weight is 318 g/mol. The standard InChI is InChI=1S/C19H14N2O3/c1-21-16(19(22)23)11-15(20-21)13-7-3-4-8-14(13)18-10-12-6-2-5-9-17(12)24-18/h2-11H,1H3,(H,22,23). The van der Waals surface area contributed by atoms with E-state index >= 15 is 0 Å². The molecule has 0 radical (unpaired) electrons. The number of carboxylic acid groups (broad SMARTS) is 1. The molecule has 5 heteroatoms. The summed E-state index contributed by atoms with van der Waals surface area (Å²) >= 11 is 0. The first kappa shape index (κ1) is 14.3. The van der Waals surface area contributed by atoms with Gasteiger partial charge in [-0.3, -0.25) is 4.68 Å². The Balaban J connectivity index is 1.89. The number of aromatic carboxylic acids is 1. The molecule has 0 amide bonds. The number of carboxylic acids is 1. The molecule has 0 spiro atoms. The minimum atomic E-state index is -1.00. The van der Waals surface area contributed by atoms with Gasteiger partial charge in [0, 0.05) is 23.6 Å². The normalized spacial score (nSPS) is 11.0. The van der Waals surface area contributed by atoms with E-state index in [-0.39, 0.29) is 5.69 Å². The molecule has 2 aromatic carbocycles. The lowest BCUT2D eigenvalue weighted by molar-refractivity contribution is 0.0685. The predicted octanol–water partition coefficient (Wildman–Crippen LogP) is 4.20. The Morgan fingerprint density at radius 3 is 2.46 bits per heavy atom. The van der Waals surface area contributed by atoms with Crippen LogP contribution in [-0.2, 0) is 7.05 Å². The molecule has 0 aliphatic heterocycles. The highest BCUT2D eigenvalue weighted by Crippen LogP contribution is 2.34. The number of nitrogens with zero attached hydrogens (tertiary/aromatic N) is 2. The number of furan rings is 1. The van der Waals surface area contributed by atoms with Crippen LogP contribution in [0.1, 0.15) is 10.5 Å². The van der Waals surface area contributed by atoms with E-state index in [0.29, 0.717) is 5.69 Å². The molecule has 0 aliphatic rings. The molecular weight excluding hydrogens is 304 g/mol. The highest BCUT2D eigenvalue weighted by atomic mass is 16.4. The zero-order valence-corrected chi connectivity index (χ0v) is 12.9. The summed E-state index contributed by atoms with van der Waals surface area (Å²) in [5, 5.41) is 14.6. The molecule has 2 aromatic heterocycles. The molecule has 0 saturated carbocycles. The minimum Gasteiger partial charge on any atom is -0.477 e. The van der Waals surface area contributed by atoms with Gasteiger partial charge in [-0.1, -0.05) is 42.5 Å². The van der Waals surface area contributed by atoms with Crippen molar-refractivity contribution in [2.75, 3.05) is 0 Å². The van der Waals surface area contributed by atoms with Crippen LogP contribution in [0.25, 0.3) is 33.6 Å². The molecule has 0 saturated heterocycles. The zero-order valence-electron chi connectivity index (χ0n) is 12.9. The Morgan fingerprint density at radius 1 is 1.04 bits per heavy atom. The van der Waals surface area contributed by atoms with Gasteiger partial charge in [-0.25, -0.2) is 4.79 Å². The van der Waals surface area contributed by atoms with Crippen molar-refractivity contribution in [1.82, 2.24) is 9.78 Å². The van der Waals surface area contributed by atoms with Gasteiger partial charge in [0.25, 0.3) is 0 Å². The fraction of sp³-hybridized carbons (Fsp3) is 0.0526. The molecule has 2 heterocycles. The molecule has 118 valence electrons. The lowest BCUT2D eigenvalue weighted by atomic mass is 10.0. The third-order valence-electron chi connectivity index (χ3n) is 3.99. The fourth-order valence-corrected chi connectivity index (χ4v) is 2.83. The third-order valence-corrected chi connectivity index (χ3v) is 3.99. The SMILES string of the molecule is Cn1nc(-c2ccccc2-c2cc3ccccc3o2)cc1C(=O)O. The van der Waals surface area contributed by atoms with Crippen LogP contribution < -0.4 is 0 Å². The lowest BCUT2D eigenvalue weighted by Crippen LogP contribution is -2.04. The van der Waals surface area contributed by atoms with Gasteiger partial charge < -0.3 is 9.52 Å². The third kappa shape index (κ3) is 2.27. The largest absolute Gasteiger partial charge is 0.477 e. The highest BCUT2D eigenvalue weighted by Gasteiger charge is 2.17. The summed E-state index contributed by atoms with van der Waals surface area (Å²) in [6.45, 7) is 0. The number of carbonyl (C=O) groups is 1. The maximum absolute atomic E-state index is 11.3. The summed E-state index contributed by atoms with van der Waals surface area (Å²) in [6.07, 6.45) is 0. The zero-order chi connectivity index (χ0) is 16.7. The first-order valence-corrected chi connectivity index (χ1v) is 7.49. The highest BCUT2D eigenvalue weighted by molar-refractivity contribution is 5.90. The Bertz CT molecular complexity index is 1030. The second-order valence-corrected chi connectivity index (χ2v) is 5.54. The molecule has 0 atom stereocenters. The fourth-order valence-electron chi connectivity index (χ4n) is 2.83. The molecule has 24 heavy (non-hydrogen) atoms. The smallest absolute Gasteiger partial charge is 0.354 e. The van der Waals surface area contributed by atoms with Crippen LogP contribution in [0.4, 0.5) is 0 Å². The summed E-state index contributed by atoms with van der Waals surface area (Å²) < 4.78 is 7.32. The topological polar surface area (TPSA) is 68.3 Å². The molecule has 4 rings (SSSR count). The molecule has 0 unspecified atom stereocenters. The monoisotopic (exact) mass is 318 g/mol. The van der Waals surface area contributed by atoms with Crippen LogP contribution >= 0.6 is 0 Å². The summed E-state index contributed by atoms with van der Waals surface area (Å²) in [4.78, 5) is 11.3. The van der Waals surface area contributed by atoms with Crippen LogP contribution in [0.3, 0.4) is 0 Å². The van der Waals surface area contributed by atoms with Crippen molar-refractivity contribution in [3.8, 4) is 22.6 Å². The number of para-hydroxylation sites is 1. The number of hydrogen-bond acceptors (Lipinski definition) is 3. The lowest BCUT2D eigenvalue weighted by Gasteiger charge is -2.04. The van der Waals surface area contributed by atoms with E-state index in [4.69, 9.17) is 4.42 Å². The van der Waals surface area contributed by atoms with E-state index in [0.717, 1.165) is 27.9 Å². The first-order valence-electron chi connectivity index (χ1n) is 7.49. The van der Waals surface area contributed by atoms with Gasteiger partial charge in [-0.15, -0.1) is 0 Å². The van der Waals surface area contributed by atoms with Crippen LogP contribution in [0.15, 0.2) is 65.1 Å². The van der Waals surface area contributed by atoms with Crippen molar-refractivity contribution in [3.05, 3.63) is 66.4 Å². The van der Waals surface area contributed by atoms with Crippen LogP contribution in [0, 0.1) is 0 Å². The Kier molecular flexibility index (Phi) is 3.20. The van der Waals surface area contributed by atoms with Gasteiger partial charge in [0.05, 0.1) is 5.69 Å². The van der Waals surface area contributed by atoms with Crippen LogP contribution in [0.5, 0.6) is 0 Å². The summed E-state index contributed by atoms with van der Waals surface area (Å²) in [5.74, 6) is -0.271. The van der Waals surface area contributed by atoms with E-state index in [2.05, 4.69) is 5.10 Å². The van der Waals surface area contributed by atoms with Gasteiger partial charge in [0.15, 0.2) is 0 Å². The van der Waals surface area contributed by atoms with Gasteiger partial charge >= 0.3 is 5.97 Å². The molecule has 0 aliphatic carbocycles. The summed E-state index contributed by atoms with van der Waals surface area (Å²) in [5.41, 5.74) is 3.27. The second-order valence-electron chi connectivity index (χ2n) is 5.54.